The maximum absolute atomic E-state index is 13.4. The molecule has 1 aliphatic heterocycles. The van der Waals surface area contributed by atoms with Crippen LogP contribution >= 0.6 is 0 Å². The van der Waals surface area contributed by atoms with E-state index in [1.54, 1.807) is 18.3 Å². The molecule has 0 radical (unpaired) electrons. The predicted molar refractivity (Wildman–Crippen MR) is 99.4 cm³/mol. The smallest absolute Gasteiger partial charge is 0.270 e. The average molecular weight is 354 g/mol. The van der Waals surface area contributed by atoms with E-state index < -0.39 is 5.92 Å². The van der Waals surface area contributed by atoms with Crippen molar-refractivity contribution in [3.8, 4) is 5.88 Å². The second kappa shape index (κ2) is 6.83. The first-order valence-electron chi connectivity index (χ1n) is 8.36. The standard InChI is InChI=1S/C21H20F2N2O/c1-5-17(14-8-10-15(11-9-14)21(4,22)23)25-18-16-7-6-12-24-20(16)26-19(18)13(2)3/h5-12H,1-4H3/b17-5+,25-18?. The zero-order valence-electron chi connectivity index (χ0n) is 15.2. The SMILES string of the molecule is C/C=C(/N=C1C(=C(C)C)Oc2ncccc21)c1ccc(C(C)(F)F)cc1. The van der Waals surface area contributed by atoms with Crippen molar-refractivity contribution in [3.05, 3.63) is 76.7 Å². The van der Waals surface area contributed by atoms with Gasteiger partial charge in [0.2, 0.25) is 5.88 Å². The van der Waals surface area contributed by atoms with E-state index in [4.69, 9.17) is 9.73 Å². The van der Waals surface area contributed by atoms with Gasteiger partial charge in [-0.1, -0.05) is 30.3 Å². The van der Waals surface area contributed by atoms with Crippen molar-refractivity contribution in [1.29, 1.82) is 0 Å². The van der Waals surface area contributed by atoms with Crippen molar-refractivity contribution in [2.45, 2.75) is 33.6 Å². The van der Waals surface area contributed by atoms with Gasteiger partial charge in [-0.05, 0) is 44.0 Å². The van der Waals surface area contributed by atoms with Gasteiger partial charge in [0.15, 0.2) is 5.76 Å². The molecule has 134 valence electrons. The zero-order chi connectivity index (χ0) is 18.9. The van der Waals surface area contributed by atoms with Crippen LogP contribution in [0.4, 0.5) is 8.78 Å². The molecule has 0 saturated carbocycles. The van der Waals surface area contributed by atoms with Crippen molar-refractivity contribution in [3.63, 3.8) is 0 Å². The number of fused-ring (bicyclic) bond motifs is 1. The normalized spacial score (nSPS) is 15.8. The molecule has 26 heavy (non-hydrogen) atoms. The van der Waals surface area contributed by atoms with Crippen LogP contribution in [0.2, 0.25) is 0 Å². The summed E-state index contributed by atoms with van der Waals surface area (Å²) in [5.41, 5.74) is 3.93. The summed E-state index contributed by atoms with van der Waals surface area (Å²) in [4.78, 5) is 9.01. The molecule has 0 aliphatic carbocycles. The molecule has 2 heterocycles. The number of aromatic nitrogens is 1. The third-order valence-corrected chi connectivity index (χ3v) is 4.09. The lowest BCUT2D eigenvalue weighted by atomic mass is 10.0. The lowest BCUT2D eigenvalue weighted by molar-refractivity contribution is 0.0175. The molecule has 1 aromatic carbocycles. The Labute approximate surface area is 151 Å². The number of aliphatic imine (C=N–C) groups is 1. The third kappa shape index (κ3) is 3.43. The van der Waals surface area contributed by atoms with Gasteiger partial charge in [0, 0.05) is 18.7 Å². The van der Waals surface area contributed by atoms with E-state index in [1.807, 2.05) is 39.0 Å². The first-order chi connectivity index (χ1) is 12.3. The number of nitrogens with zero attached hydrogens (tertiary/aromatic N) is 2. The van der Waals surface area contributed by atoms with Crippen molar-refractivity contribution in [1.82, 2.24) is 4.98 Å². The summed E-state index contributed by atoms with van der Waals surface area (Å²) in [7, 11) is 0. The number of benzene rings is 1. The Morgan fingerprint density at radius 2 is 1.85 bits per heavy atom. The van der Waals surface area contributed by atoms with E-state index in [1.165, 1.54) is 12.1 Å². The number of rotatable bonds is 3. The van der Waals surface area contributed by atoms with Gasteiger partial charge in [-0.3, -0.25) is 0 Å². The van der Waals surface area contributed by atoms with Crippen LogP contribution in [-0.2, 0) is 5.92 Å². The van der Waals surface area contributed by atoms with Gasteiger partial charge in [0.05, 0.1) is 11.3 Å². The fourth-order valence-electron chi connectivity index (χ4n) is 2.72. The zero-order valence-corrected chi connectivity index (χ0v) is 15.2. The molecular formula is C21H20F2N2O. The van der Waals surface area contributed by atoms with Crippen molar-refractivity contribution in [2.75, 3.05) is 0 Å². The molecule has 3 nitrogen and oxygen atoms in total. The van der Waals surface area contributed by atoms with Gasteiger partial charge in [0.25, 0.3) is 5.92 Å². The number of hydrogen-bond donors (Lipinski definition) is 0. The molecule has 0 N–H and O–H groups in total. The molecule has 0 fully saturated rings. The second-order valence-corrected chi connectivity index (χ2v) is 6.39. The monoisotopic (exact) mass is 354 g/mol. The van der Waals surface area contributed by atoms with E-state index in [9.17, 15) is 8.78 Å². The quantitative estimate of drug-likeness (QED) is 0.705. The highest BCUT2D eigenvalue weighted by Gasteiger charge is 2.28. The molecule has 0 saturated heterocycles. The van der Waals surface area contributed by atoms with Crippen LogP contribution < -0.4 is 4.74 Å². The summed E-state index contributed by atoms with van der Waals surface area (Å²) in [6, 6.07) is 9.93. The first-order valence-corrected chi connectivity index (χ1v) is 8.36. The van der Waals surface area contributed by atoms with Crippen LogP contribution in [0.1, 0.15) is 44.4 Å². The summed E-state index contributed by atoms with van der Waals surface area (Å²) in [5.74, 6) is -1.66. The molecule has 0 atom stereocenters. The van der Waals surface area contributed by atoms with E-state index in [0.717, 1.165) is 23.6 Å². The number of ether oxygens (including phenoxy) is 1. The highest BCUT2D eigenvalue weighted by atomic mass is 19.3. The molecular weight excluding hydrogens is 334 g/mol. The number of allylic oxidation sites excluding steroid dienone is 3. The maximum Gasteiger partial charge on any atom is 0.270 e. The second-order valence-electron chi connectivity index (χ2n) is 6.39. The molecule has 2 aromatic rings. The molecule has 1 aliphatic rings. The summed E-state index contributed by atoms with van der Waals surface area (Å²) in [6.45, 7) is 6.65. The van der Waals surface area contributed by atoms with Crippen LogP contribution in [0.3, 0.4) is 0 Å². The summed E-state index contributed by atoms with van der Waals surface area (Å²) >= 11 is 0. The van der Waals surface area contributed by atoms with E-state index in [-0.39, 0.29) is 5.56 Å². The van der Waals surface area contributed by atoms with Crippen molar-refractivity contribution in [2.24, 2.45) is 4.99 Å². The Kier molecular flexibility index (Phi) is 4.72. The first kappa shape index (κ1) is 18.0. The van der Waals surface area contributed by atoms with Gasteiger partial charge in [-0.15, -0.1) is 0 Å². The van der Waals surface area contributed by atoms with Gasteiger partial charge in [0.1, 0.15) is 5.71 Å². The predicted octanol–water partition coefficient (Wildman–Crippen LogP) is 5.73. The third-order valence-electron chi connectivity index (χ3n) is 4.09. The van der Waals surface area contributed by atoms with Crippen LogP contribution in [0.25, 0.3) is 5.70 Å². The average Bonchev–Trinajstić information content (AvgIpc) is 2.98. The highest BCUT2D eigenvalue weighted by Crippen LogP contribution is 2.33. The lowest BCUT2D eigenvalue weighted by Crippen LogP contribution is -2.06. The minimum Gasteiger partial charge on any atom is -0.436 e. The Morgan fingerprint density at radius 3 is 2.42 bits per heavy atom. The minimum atomic E-state index is -2.86. The molecule has 1 aromatic heterocycles. The summed E-state index contributed by atoms with van der Waals surface area (Å²) in [5, 5.41) is 0. The maximum atomic E-state index is 13.4. The Morgan fingerprint density at radius 1 is 1.15 bits per heavy atom. The molecule has 0 amide bonds. The number of pyridine rings is 1. The summed E-state index contributed by atoms with van der Waals surface area (Å²) in [6.07, 6.45) is 3.52. The van der Waals surface area contributed by atoms with E-state index in [2.05, 4.69) is 4.98 Å². The largest absolute Gasteiger partial charge is 0.436 e. The van der Waals surface area contributed by atoms with Crippen LogP contribution in [0.5, 0.6) is 5.88 Å². The molecule has 3 rings (SSSR count). The van der Waals surface area contributed by atoms with Crippen molar-refractivity contribution >= 4 is 11.4 Å². The number of hydrogen-bond acceptors (Lipinski definition) is 3. The fraction of sp³-hybridized carbons (Fsp3) is 0.238. The molecule has 0 spiro atoms. The summed E-state index contributed by atoms with van der Waals surface area (Å²) < 4.78 is 32.7. The lowest BCUT2D eigenvalue weighted by Gasteiger charge is -2.11. The number of halogens is 2. The minimum absolute atomic E-state index is 0.0203. The Hall–Kier alpha value is -2.82. The Balaban J connectivity index is 2.05. The van der Waals surface area contributed by atoms with Crippen molar-refractivity contribution < 1.29 is 13.5 Å². The van der Waals surface area contributed by atoms with Gasteiger partial charge in [-0.2, -0.15) is 0 Å². The molecule has 5 heteroatoms. The van der Waals surface area contributed by atoms with Gasteiger partial charge < -0.3 is 4.74 Å². The van der Waals surface area contributed by atoms with E-state index >= 15 is 0 Å². The van der Waals surface area contributed by atoms with Crippen LogP contribution in [-0.4, -0.2) is 10.7 Å². The van der Waals surface area contributed by atoms with Gasteiger partial charge in [-0.25, -0.2) is 18.8 Å². The molecule has 0 bridgehead atoms. The van der Waals surface area contributed by atoms with Crippen LogP contribution in [0.15, 0.2) is 65.0 Å². The number of alkyl halides is 2. The highest BCUT2D eigenvalue weighted by molar-refractivity contribution is 6.17. The van der Waals surface area contributed by atoms with Gasteiger partial charge >= 0.3 is 0 Å². The molecule has 0 unspecified atom stereocenters. The topological polar surface area (TPSA) is 34.5 Å². The van der Waals surface area contributed by atoms with E-state index in [0.29, 0.717) is 23.0 Å². The van der Waals surface area contributed by atoms with Crippen LogP contribution in [0, 0.1) is 0 Å². The fourth-order valence-corrected chi connectivity index (χ4v) is 2.72. The Bertz CT molecular complexity index is 916.